The minimum absolute atomic E-state index is 0.00837. The van der Waals surface area contributed by atoms with Crippen LogP contribution < -0.4 is 4.74 Å². The molecule has 0 radical (unpaired) electrons. The van der Waals surface area contributed by atoms with E-state index in [0.717, 1.165) is 0 Å². The lowest BCUT2D eigenvalue weighted by molar-refractivity contribution is 0.0304. The number of ether oxygens (including phenoxy) is 1. The number of aliphatic hydroxyl groups excluding tert-OH is 2. The summed E-state index contributed by atoms with van der Waals surface area (Å²) in [6, 6.07) is 4.45. The van der Waals surface area contributed by atoms with Crippen molar-refractivity contribution >= 4 is 0 Å². The van der Waals surface area contributed by atoms with Crippen molar-refractivity contribution in [2.24, 2.45) is 0 Å². The average molecular weight is 198 g/mol. The van der Waals surface area contributed by atoms with Crippen LogP contribution in [0.4, 0.5) is 0 Å². The number of aliphatic hydroxyl groups is 2. The number of phenolic OH excluding ortho intramolecular Hbond substituents is 1. The van der Waals surface area contributed by atoms with Gasteiger partial charge in [0.15, 0.2) is 11.5 Å². The van der Waals surface area contributed by atoms with E-state index in [-0.39, 0.29) is 11.5 Å². The van der Waals surface area contributed by atoms with Crippen LogP contribution in [0.3, 0.4) is 0 Å². The van der Waals surface area contributed by atoms with Gasteiger partial charge in [-0.15, -0.1) is 0 Å². The summed E-state index contributed by atoms with van der Waals surface area (Å²) in [5.41, 5.74) is 0.509. The Morgan fingerprint density at radius 2 is 1.93 bits per heavy atom. The van der Waals surface area contributed by atoms with Crippen LogP contribution in [0.1, 0.15) is 18.6 Å². The Kier molecular flexibility index (Phi) is 3.33. The number of hydrogen-bond donors (Lipinski definition) is 3. The van der Waals surface area contributed by atoms with Crippen molar-refractivity contribution in [1.29, 1.82) is 0 Å². The number of hydrogen-bond acceptors (Lipinski definition) is 4. The van der Waals surface area contributed by atoms with Crippen molar-refractivity contribution in [3.8, 4) is 11.5 Å². The minimum Gasteiger partial charge on any atom is -0.504 e. The summed E-state index contributed by atoms with van der Waals surface area (Å²) in [4.78, 5) is 0. The second-order valence-electron chi connectivity index (χ2n) is 3.12. The molecular weight excluding hydrogens is 184 g/mol. The van der Waals surface area contributed by atoms with Crippen LogP contribution in [0.2, 0.25) is 0 Å². The SMILES string of the molecule is COc1cc([C@H](O)[C@@H](C)O)ccc1O. The highest BCUT2D eigenvalue weighted by atomic mass is 16.5. The van der Waals surface area contributed by atoms with Crippen molar-refractivity contribution in [1.82, 2.24) is 0 Å². The maximum atomic E-state index is 9.52. The molecule has 14 heavy (non-hydrogen) atoms. The molecule has 0 aliphatic carbocycles. The fourth-order valence-electron chi connectivity index (χ4n) is 1.16. The maximum Gasteiger partial charge on any atom is 0.160 e. The molecule has 4 nitrogen and oxygen atoms in total. The second kappa shape index (κ2) is 4.30. The largest absolute Gasteiger partial charge is 0.504 e. The number of methoxy groups -OCH3 is 1. The molecule has 0 aliphatic heterocycles. The molecule has 3 N–H and O–H groups in total. The van der Waals surface area contributed by atoms with Crippen molar-refractivity contribution in [2.75, 3.05) is 7.11 Å². The summed E-state index contributed by atoms with van der Waals surface area (Å²) in [5.74, 6) is 0.288. The second-order valence-corrected chi connectivity index (χ2v) is 3.12. The molecule has 0 aliphatic rings. The van der Waals surface area contributed by atoms with Gasteiger partial charge >= 0.3 is 0 Å². The Morgan fingerprint density at radius 1 is 1.29 bits per heavy atom. The van der Waals surface area contributed by atoms with Crippen molar-refractivity contribution in [2.45, 2.75) is 19.1 Å². The molecule has 2 atom stereocenters. The molecule has 0 bridgehead atoms. The summed E-state index contributed by atoms with van der Waals surface area (Å²) < 4.78 is 4.87. The van der Waals surface area contributed by atoms with E-state index in [1.807, 2.05) is 0 Å². The Balaban J connectivity index is 3.00. The topological polar surface area (TPSA) is 69.9 Å². The molecule has 0 heterocycles. The van der Waals surface area contributed by atoms with Crippen molar-refractivity contribution < 1.29 is 20.1 Å². The zero-order valence-electron chi connectivity index (χ0n) is 8.14. The Bertz CT molecular complexity index is 309. The molecule has 78 valence electrons. The van der Waals surface area contributed by atoms with E-state index in [9.17, 15) is 10.2 Å². The first-order valence-electron chi connectivity index (χ1n) is 4.29. The highest BCUT2D eigenvalue weighted by Crippen LogP contribution is 2.29. The molecule has 0 fully saturated rings. The summed E-state index contributed by atoms with van der Waals surface area (Å²) in [6.07, 6.45) is -1.83. The first kappa shape index (κ1) is 10.8. The molecule has 0 amide bonds. The van der Waals surface area contributed by atoms with E-state index in [0.29, 0.717) is 5.56 Å². The van der Waals surface area contributed by atoms with Gasteiger partial charge in [-0.05, 0) is 24.6 Å². The van der Waals surface area contributed by atoms with Gasteiger partial charge in [0.2, 0.25) is 0 Å². The summed E-state index contributed by atoms with van der Waals surface area (Å²) in [6.45, 7) is 1.49. The molecule has 1 aromatic rings. The van der Waals surface area contributed by atoms with Gasteiger partial charge in [0.05, 0.1) is 13.2 Å². The molecule has 1 rings (SSSR count). The third-order valence-corrected chi connectivity index (χ3v) is 2.00. The van der Waals surface area contributed by atoms with Gasteiger partial charge in [0, 0.05) is 0 Å². The normalized spacial score (nSPS) is 14.9. The van der Waals surface area contributed by atoms with Gasteiger partial charge in [-0.1, -0.05) is 6.07 Å². The van der Waals surface area contributed by atoms with Crippen LogP contribution in [-0.4, -0.2) is 28.5 Å². The van der Waals surface area contributed by atoms with E-state index < -0.39 is 12.2 Å². The highest BCUT2D eigenvalue weighted by Gasteiger charge is 2.15. The molecule has 0 saturated heterocycles. The van der Waals surface area contributed by atoms with Crippen LogP contribution in [0, 0.1) is 0 Å². The first-order chi connectivity index (χ1) is 6.56. The Hall–Kier alpha value is -1.26. The van der Waals surface area contributed by atoms with Gasteiger partial charge < -0.3 is 20.1 Å². The number of phenols is 1. The summed E-state index contributed by atoms with van der Waals surface area (Å²) in [7, 11) is 1.42. The van der Waals surface area contributed by atoms with Crippen LogP contribution in [0.5, 0.6) is 11.5 Å². The van der Waals surface area contributed by atoms with Crippen LogP contribution >= 0.6 is 0 Å². The highest BCUT2D eigenvalue weighted by molar-refractivity contribution is 5.42. The molecule has 4 heteroatoms. The summed E-state index contributed by atoms with van der Waals surface area (Å²) >= 11 is 0. The number of rotatable bonds is 3. The zero-order chi connectivity index (χ0) is 10.7. The van der Waals surface area contributed by atoms with Gasteiger partial charge in [0.25, 0.3) is 0 Å². The number of benzene rings is 1. The quantitative estimate of drug-likeness (QED) is 0.672. The molecule has 0 unspecified atom stereocenters. The molecule has 1 aromatic carbocycles. The third kappa shape index (κ3) is 2.16. The lowest BCUT2D eigenvalue weighted by Gasteiger charge is -2.15. The third-order valence-electron chi connectivity index (χ3n) is 2.00. The van der Waals surface area contributed by atoms with E-state index in [1.54, 1.807) is 0 Å². The van der Waals surface area contributed by atoms with Crippen LogP contribution in [0.15, 0.2) is 18.2 Å². The van der Waals surface area contributed by atoms with Gasteiger partial charge in [-0.2, -0.15) is 0 Å². The lowest BCUT2D eigenvalue weighted by atomic mass is 10.1. The number of aromatic hydroxyl groups is 1. The van der Waals surface area contributed by atoms with Gasteiger partial charge in [-0.25, -0.2) is 0 Å². The molecule has 0 saturated carbocycles. The van der Waals surface area contributed by atoms with Crippen LogP contribution in [0.25, 0.3) is 0 Å². The lowest BCUT2D eigenvalue weighted by Crippen LogP contribution is -2.13. The Morgan fingerprint density at radius 3 is 2.43 bits per heavy atom. The van der Waals surface area contributed by atoms with E-state index in [4.69, 9.17) is 9.84 Å². The minimum atomic E-state index is -0.968. The monoisotopic (exact) mass is 198 g/mol. The molecular formula is C10H14O4. The van der Waals surface area contributed by atoms with E-state index >= 15 is 0 Å². The van der Waals surface area contributed by atoms with E-state index in [2.05, 4.69) is 0 Å². The summed E-state index contributed by atoms with van der Waals surface area (Å²) in [5, 5.41) is 28.0. The van der Waals surface area contributed by atoms with Gasteiger partial charge in [0.1, 0.15) is 6.10 Å². The fraction of sp³-hybridized carbons (Fsp3) is 0.400. The molecule has 0 aromatic heterocycles. The van der Waals surface area contributed by atoms with Crippen molar-refractivity contribution in [3.63, 3.8) is 0 Å². The standard InChI is InChI=1S/C10H14O4/c1-6(11)10(13)7-3-4-8(12)9(5-7)14-2/h3-6,10-13H,1-2H3/t6-,10-/m1/s1. The Labute approximate surface area is 82.4 Å². The van der Waals surface area contributed by atoms with Gasteiger partial charge in [-0.3, -0.25) is 0 Å². The van der Waals surface area contributed by atoms with Crippen molar-refractivity contribution in [3.05, 3.63) is 23.8 Å². The predicted octanol–water partition coefficient (Wildman–Crippen LogP) is 0.815. The van der Waals surface area contributed by atoms with E-state index in [1.165, 1.54) is 32.2 Å². The smallest absolute Gasteiger partial charge is 0.160 e. The average Bonchev–Trinajstić information content (AvgIpc) is 2.17. The first-order valence-corrected chi connectivity index (χ1v) is 4.29. The van der Waals surface area contributed by atoms with Crippen LogP contribution in [-0.2, 0) is 0 Å². The fourth-order valence-corrected chi connectivity index (χ4v) is 1.16. The zero-order valence-corrected chi connectivity index (χ0v) is 8.14. The maximum absolute atomic E-state index is 9.52. The predicted molar refractivity (Wildman–Crippen MR) is 51.3 cm³/mol. The molecule has 0 spiro atoms.